The molecule has 12 heteroatoms. The van der Waals surface area contributed by atoms with Crippen LogP contribution in [0.5, 0.6) is 23.0 Å². The van der Waals surface area contributed by atoms with Crippen molar-refractivity contribution >= 4 is 34.9 Å². The van der Waals surface area contributed by atoms with E-state index in [9.17, 15) is 14.4 Å². The maximum absolute atomic E-state index is 14.1. The van der Waals surface area contributed by atoms with Gasteiger partial charge in [0.15, 0.2) is 22.9 Å². The topological polar surface area (TPSA) is 143 Å². The first-order chi connectivity index (χ1) is 21.2. The molecule has 3 N–H and O–H groups in total. The zero-order valence-corrected chi connectivity index (χ0v) is 25.3. The predicted molar refractivity (Wildman–Crippen MR) is 166 cm³/mol. The first-order valence-electron chi connectivity index (χ1n) is 13.4. The molecule has 0 unspecified atom stereocenters. The SMILES string of the molecule is COc1ccc([C@H]2C(C(=O)Nc3ccccc3)=C(C)N=c3s/c(=C\c4ccc(OCC(N)=O)c(OC)c4)c(=O)n32)c(OC)c1. The van der Waals surface area contributed by atoms with Crippen LogP contribution in [-0.4, -0.2) is 44.3 Å². The Kier molecular flexibility index (Phi) is 8.81. The number of carbonyl (C=O) groups is 2. The van der Waals surface area contributed by atoms with E-state index in [2.05, 4.69) is 5.32 Å². The minimum atomic E-state index is -0.850. The number of fused-ring (bicyclic) bond motifs is 1. The molecule has 2 amide bonds. The van der Waals surface area contributed by atoms with Crippen LogP contribution in [-0.2, 0) is 9.59 Å². The fourth-order valence-corrected chi connectivity index (χ4v) is 5.91. The van der Waals surface area contributed by atoms with Gasteiger partial charge >= 0.3 is 0 Å². The number of anilines is 1. The first-order valence-corrected chi connectivity index (χ1v) is 14.3. The Morgan fingerprint density at radius 2 is 1.73 bits per heavy atom. The summed E-state index contributed by atoms with van der Waals surface area (Å²) in [6, 6.07) is 18.5. The smallest absolute Gasteiger partial charge is 0.271 e. The van der Waals surface area contributed by atoms with Gasteiger partial charge in [-0.25, -0.2) is 4.99 Å². The van der Waals surface area contributed by atoms with Gasteiger partial charge in [-0.1, -0.05) is 35.6 Å². The highest BCUT2D eigenvalue weighted by atomic mass is 32.1. The third kappa shape index (κ3) is 6.06. The van der Waals surface area contributed by atoms with Gasteiger partial charge in [0.1, 0.15) is 17.5 Å². The Morgan fingerprint density at radius 3 is 2.41 bits per heavy atom. The van der Waals surface area contributed by atoms with Crippen molar-refractivity contribution in [1.29, 1.82) is 0 Å². The Hall–Kier alpha value is -5.36. The summed E-state index contributed by atoms with van der Waals surface area (Å²) in [4.78, 5) is 44.2. The first kappa shape index (κ1) is 30.1. The number of para-hydroxylation sites is 1. The molecule has 11 nitrogen and oxygen atoms in total. The normalized spacial score (nSPS) is 14.4. The number of methoxy groups -OCH3 is 3. The lowest BCUT2D eigenvalue weighted by atomic mass is 9.94. The van der Waals surface area contributed by atoms with Crippen molar-refractivity contribution in [3.63, 3.8) is 0 Å². The van der Waals surface area contributed by atoms with Gasteiger partial charge in [-0.3, -0.25) is 19.0 Å². The van der Waals surface area contributed by atoms with E-state index in [1.165, 1.54) is 30.1 Å². The van der Waals surface area contributed by atoms with E-state index in [4.69, 9.17) is 29.7 Å². The van der Waals surface area contributed by atoms with Gasteiger partial charge < -0.3 is 30.0 Å². The van der Waals surface area contributed by atoms with Crippen LogP contribution in [0.15, 0.2) is 87.8 Å². The molecule has 2 heterocycles. The molecule has 4 aromatic rings. The number of carbonyl (C=O) groups excluding carboxylic acids is 2. The number of rotatable bonds is 10. The Morgan fingerprint density at radius 1 is 0.977 bits per heavy atom. The van der Waals surface area contributed by atoms with Crippen molar-refractivity contribution < 1.29 is 28.5 Å². The third-order valence-electron chi connectivity index (χ3n) is 6.89. The number of nitrogens with one attached hydrogen (secondary N) is 1. The van der Waals surface area contributed by atoms with Gasteiger partial charge in [0.05, 0.1) is 37.1 Å². The summed E-state index contributed by atoms with van der Waals surface area (Å²) in [5.74, 6) is 0.690. The molecule has 0 saturated heterocycles. The highest BCUT2D eigenvalue weighted by Crippen LogP contribution is 2.37. The molecule has 3 aromatic carbocycles. The van der Waals surface area contributed by atoms with Crippen LogP contribution in [0.4, 0.5) is 5.69 Å². The van der Waals surface area contributed by atoms with Crippen molar-refractivity contribution in [3.8, 4) is 23.0 Å². The van der Waals surface area contributed by atoms with E-state index in [1.807, 2.05) is 18.2 Å². The number of nitrogens with zero attached hydrogens (tertiary/aromatic N) is 2. The number of hydrogen-bond acceptors (Lipinski definition) is 9. The van der Waals surface area contributed by atoms with Crippen LogP contribution in [0, 0.1) is 0 Å². The van der Waals surface area contributed by atoms with E-state index < -0.39 is 17.9 Å². The van der Waals surface area contributed by atoms with Crippen LogP contribution >= 0.6 is 11.3 Å². The number of primary amides is 1. The zero-order chi connectivity index (χ0) is 31.4. The molecule has 1 aliphatic rings. The maximum atomic E-state index is 14.1. The lowest BCUT2D eigenvalue weighted by Crippen LogP contribution is -2.40. The molecule has 1 atom stereocenters. The summed E-state index contributed by atoms with van der Waals surface area (Å²) in [5, 5.41) is 2.94. The largest absolute Gasteiger partial charge is 0.497 e. The second kappa shape index (κ2) is 12.9. The van der Waals surface area contributed by atoms with Crippen LogP contribution < -0.4 is 44.9 Å². The van der Waals surface area contributed by atoms with Crippen molar-refractivity contribution in [3.05, 3.63) is 109 Å². The second-order valence-electron chi connectivity index (χ2n) is 9.68. The number of thiazole rings is 1. The van der Waals surface area contributed by atoms with E-state index in [0.29, 0.717) is 60.4 Å². The average Bonchev–Trinajstić information content (AvgIpc) is 3.33. The highest BCUT2D eigenvalue weighted by molar-refractivity contribution is 7.07. The van der Waals surface area contributed by atoms with Crippen LogP contribution in [0.3, 0.4) is 0 Å². The molecule has 0 aliphatic carbocycles. The summed E-state index contributed by atoms with van der Waals surface area (Å²) in [6.45, 7) is 1.44. The lowest BCUT2D eigenvalue weighted by molar-refractivity contribution is -0.120. The molecule has 226 valence electrons. The number of nitrogens with two attached hydrogens (primary N) is 1. The molecule has 0 saturated carbocycles. The second-order valence-corrected chi connectivity index (χ2v) is 10.7. The molecule has 44 heavy (non-hydrogen) atoms. The molecule has 0 fully saturated rings. The summed E-state index contributed by atoms with van der Waals surface area (Å²) >= 11 is 1.19. The number of benzene rings is 3. The van der Waals surface area contributed by atoms with Crippen molar-refractivity contribution in [2.75, 3.05) is 33.3 Å². The van der Waals surface area contributed by atoms with Crippen LogP contribution in [0.25, 0.3) is 6.08 Å². The number of hydrogen-bond donors (Lipinski definition) is 2. The minimum Gasteiger partial charge on any atom is -0.497 e. The summed E-state index contributed by atoms with van der Waals surface area (Å²) in [6.07, 6.45) is 1.70. The highest BCUT2D eigenvalue weighted by Gasteiger charge is 2.34. The molecule has 1 aromatic heterocycles. The fraction of sp³-hybridized carbons (Fsp3) is 0.188. The molecular weight excluding hydrogens is 584 g/mol. The Balaban J connectivity index is 1.66. The summed E-state index contributed by atoms with van der Waals surface area (Å²) in [5.41, 5.74) is 7.45. The molecule has 0 spiro atoms. The number of ether oxygens (including phenoxy) is 4. The summed E-state index contributed by atoms with van der Waals surface area (Å²) < 4.78 is 23.8. The number of allylic oxidation sites excluding steroid dienone is 1. The third-order valence-corrected chi connectivity index (χ3v) is 7.87. The Bertz CT molecular complexity index is 1950. The van der Waals surface area contributed by atoms with E-state index in [1.54, 1.807) is 68.6 Å². The van der Waals surface area contributed by atoms with Crippen LogP contribution in [0.2, 0.25) is 0 Å². The van der Waals surface area contributed by atoms with Crippen LogP contribution in [0.1, 0.15) is 24.1 Å². The van der Waals surface area contributed by atoms with Gasteiger partial charge in [-0.15, -0.1) is 0 Å². The quantitative estimate of drug-likeness (QED) is 0.280. The maximum Gasteiger partial charge on any atom is 0.271 e. The molecule has 0 bridgehead atoms. The Labute approximate surface area is 256 Å². The van der Waals surface area contributed by atoms with E-state index >= 15 is 0 Å². The minimum absolute atomic E-state index is 0.300. The van der Waals surface area contributed by atoms with Crippen molar-refractivity contribution in [1.82, 2.24) is 4.57 Å². The van der Waals surface area contributed by atoms with Gasteiger partial charge in [0.2, 0.25) is 0 Å². The van der Waals surface area contributed by atoms with E-state index in [-0.39, 0.29) is 12.2 Å². The standard InChI is InChI=1S/C32H30N4O7S/c1-18-28(30(38)35-20-8-6-5-7-9-20)29(22-12-11-21(40-2)16-24(22)41-3)36-31(39)26(44-32(36)34-18)15-19-10-13-23(25(14-19)42-4)43-17-27(33)37/h5-16,29H,17H2,1-4H3,(H2,33,37)(H,35,38)/b26-15-/t29-/m0/s1. The predicted octanol–water partition coefficient (Wildman–Crippen LogP) is 2.76. The molecule has 0 radical (unpaired) electrons. The number of amides is 2. The number of aromatic nitrogens is 1. The molecular formula is C32H30N4O7S. The van der Waals surface area contributed by atoms with E-state index in [0.717, 1.165) is 0 Å². The fourth-order valence-electron chi connectivity index (χ4n) is 4.86. The van der Waals surface area contributed by atoms with Gasteiger partial charge in [-0.2, -0.15) is 0 Å². The monoisotopic (exact) mass is 614 g/mol. The molecule has 5 rings (SSSR count). The van der Waals surface area contributed by atoms with Gasteiger partial charge in [0, 0.05) is 17.3 Å². The average molecular weight is 615 g/mol. The zero-order valence-electron chi connectivity index (χ0n) is 24.5. The van der Waals surface area contributed by atoms with Gasteiger partial charge in [0.25, 0.3) is 17.4 Å². The summed E-state index contributed by atoms with van der Waals surface area (Å²) in [7, 11) is 4.54. The van der Waals surface area contributed by atoms with Crippen molar-refractivity contribution in [2.45, 2.75) is 13.0 Å². The van der Waals surface area contributed by atoms with Gasteiger partial charge in [-0.05, 0) is 55.0 Å². The van der Waals surface area contributed by atoms with Crippen molar-refractivity contribution in [2.24, 2.45) is 10.7 Å². The molecule has 1 aliphatic heterocycles. The lowest BCUT2D eigenvalue weighted by Gasteiger charge is -2.26.